The summed E-state index contributed by atoms with van der Waals surface area (Å²) in [5.74, 6) is 0. The van der Waals surface area contributed by atoms with Crippen LogP contribution in [0.3, 0.4) is 0 Å². The molecule has 2 heteroatoms. The van der Waals surface area contributed by atoms with Crippen LogP contribution in [0.15, 0.2) is 29.2 Å². The van der Waals surface area contributed by atoms with E-state index < -0.39 is 0 Å². The number of nitrogens with zero attached hydrogens (tertiary/aromatic N) is 1. The molecule has 0 saturated carbocycles. The summed E-state index contributed by atoms with van der Waals surface area (Å²) >= 11 is 1.93. The standard InChI is InChI=1S/C15H21NS/c1-5-13(10-15(2,3)4)17-14-8-6-12(11-16)7-9-14/h6-9,13H,5,10H2,1-4H3. The highest BCUT2D eigenvalue weighted by atomic mass is 32.2. The molecule has 0 aromatic heterocycles. The quantitative estimate of drug-likeness (QED) is 0.709. The first-order valence-electron chi connectivity index (χ1n) is 6.11. The van der Waals surface area contributed by atoms with E-state index in [-0.39, 0.29) is 0 Å². The van der Waals surface area contributed by atoms with Crippen LogP contribution >= 0.6 is 11.8 Å². The fraction of sp³-hybridized carbons (Fsp3) is 0.533. The Bertz CT molecular complexity index is 381. The molecule has 1 aromatic carbocycles. The van der Waals surface area contributed by atoms with Gasteiger partial charge in [0.05, 0.1) is 11.6 Å². The highest BCUT2D eigenvalue weighted by Crippen LogP contribution is 2.34. The van der Waals surface area contributed by atoms with Crippen molar-refractivity contribution < 1.29 is 0 Å². The van der Waals surface area contributed by atoms with E-state index in [4.69, 9.17) is 5.26 Å². The van der Waals surface area contributed by atoms with Crippen molar-refractivity contribution in [2.75, 3.05) is 0 Å². The van der Waals surface area contributed by atoms with Crippen molar-refractivity contribution in [2.24, 2.45) is 5.41 Å². The van der Waals surface area contributed by atoms with Gasteiger partial charge in [0.2, 0.25) is 0 Å². The summed E-state index contributed by atoms with van der Waals surface area (Å²) in [5, 5.41) is 9.41. The summed E-state index contributed by atoms with van der Waals surface area (Å²) in [7, 11) is 0. The lowest BCUT2D eigenvalue weighted by atomic mass is 9.90. The number of rotatable bonds is 4. The number of thioether (sulfide) groups is 1. The van der Waals surface area contributed by atoms with Crippen LogP contribution in [0.2, 0.25) is 0 Å². The molecule has 1 aromatic rings. The molecule has 0 saturated heterocycles. The van der Waals surface area contributed by atoms with Gasteiger partial charge < -0.3 is 0 Å². The lowest BCUT2D eigenvalue weighted by molar-refractivity contribution is 0.369. The zero-order valence-corrected chi connectivity index (χ0v) is 12.0. The minimum absolute atomic E-state index is 0.375. The van der Waals surface area contributed by atoms with Crippen molar-refractivity contribution >= 4 is 11.8 Å². The summed E-state index contributed by atoms with van der Waals surface area (Å²) in [6.45, 7) is 9.10. The van der Waals surface area contributed by atoms with E-state index in [1.165, 1.54) is 17.7 Å². The van der Waals surface area contributed by atoms with E-state index in [0.29, 0.717) is 10.7 Å². The first kappa shape index (κ1) is 14.1. The molecule has 92 valence electrons. The lowest BCUT2D eigenvalue weighted by Crippen LogP contribution is -2.14. The maximum Gasteiger partial charge on any atom is 0.0991 e. The Labute approximate surface area is 109 Å². The highest BCUT2D eigenvalue weighted by molar-refractivity contribution is 8.00. The van der Waals surface area contributed by atoms with Crippen LogP contribution in [0.4, 0.5) is 0 Å². The van der Waals surface area contributed by atoms with Crippen molar-refractivity contribution in [1.82, 2.24) is 0 Å². The topological polar surface area (TPSA) is 23.8 Å². The molecule has 0 bridgehead atoms. The third-order valence-corrected chi connectivity index (χ3v) is 3.96. The zero-order chi connectivity index (χ0) is 12.9. The van der Waals surface area contributed by atoms with Crippen LogP contribution in [0, 0.1) is 16.7 Å². The molecular formula is C15H21NS. The van der Waals surface area contributed by atoms with Crippen LogP contribution in [0.1, 0.15) is 46.1 Å². The molecule has 0 N–H and O–H groups in total. The van der Waals surface area contributed by atoms with Crippen LogP contribution < -0.4 is 0 Å². The first-order valence-corrected chi connectivity index (χ1v) is 6.99. The maximum atomic E-state index is 8.75. The van der Waals surface area contributed by atoms with Crippen molar-refractivity contribution in [3.05, 3.63) is 29.8 Å². The van der Waals surface area contributed by atoms with Crippen molar-refractivity contribution in [3.63, 3.8) is 0 Å². The van der Waals surface area contributed by atoms with Crippen LogP contribution in [-0.4, -0.2) is 5.25 Å². The van der Waals surface area contributed by atoms with Crippen molar-refractivity contribution in [3.8, 4) is 6.07 Å². The van der Waals surface area contributed by atoms with Gasteiger partial charge in [-0.15, -0.1) is 11.8 Å². The Morgan fingerprint density at radius 3 is 2.24 bits per heavy atom. The van der Waals surface area contributed by atoms with E-state index in [0.717, 1.165) is 5.56 Å². The second kappa shape index (κ2) is 6.12. The molecule has 0 heterocycles. The normalized spacial score (nSPS) is 13.1. The molecule has 1 atom stereocenters. The van der Waals surface area contributed by atoms with Gasteiger partial charge in [-0.1, -0.05) is 27.7 Å². The lowest BCUT2D eigenvalue weighted by Gasteiger charge is -2.24. The second-order valence-electron chi connectivity index (χ2n) is 5.55. The predicted octanol–water partition coefficient (Wildman–Crippen LogP) is 4.87. The molecule has 0 aliphatic carbocycles. The summed E-state index contributed by atoms with van der Waals surface area (Å²) in [4.78, 5) is 1.26. The molecule has 0 aliphatic rings. The van der Waals surface area contributed by atoms with Gasteiger partial charge >= 0.3 is 0 Å². The first-order chi connectivity index (χ1) is 7.94. The van der Waals surface area contributed by atoms with Crippen LogP contribution in [-0.2, 0) is 0 Å². The summed E-state index contributed by atoms with van der Waals surface area (Å²) in [5.41, 5.74) is 1.11. The number of nitriles is 1. The van der Waals surface area contributed by atoms with E-state index in [1.807, 2.05) is 23.9 Å². The summed E-state index contributed by atoms with van der Waals surface area (Å²) in [6, 6.07) is 10.0. The Balaban J connectivity index is 2.64. The van der Waals surface area contributed by atoms with Gasteiger partial charge in [-0.05, 0) is 42.5 Å². The molecule has 1 nitrogen and oxygen atoms in total. The molecule has 0 amide bonds. The van der Waals surface area contributed by atoms with Crippen molar-refractivity contribution in [1.29, 1.82) is 5.26 Å². The Morgan fingerprint density at radius 2 is 1.82 bits per heavy atom. The molecule has 0 radical (unpaired) electrons. The number of hydrogen-bond acceptors (Lipinski definition) is 2. The largest absolute Gasteiger partial charge is 0.192 e. The second-order valence-corrected chi connectivity index (χ2v) is 6.92. The minimum Gasteiger partial charge on any atom is -0.192 e. The smallest absolute Gasteiger partial charge is 0.0991 e. The van der Waals surface area contributed by atoms with Gasteiger partial charge in [-0.25, -0.2) is 0 Å². The van der Waals surface area contributed by atoms with Crippen LogP contribution in [0.5, 0.6) is 0 Å². The molecular weight excluding hydrogens is 226 g/mol. The van der Waals surface area contributed by atoms with Crippen LogP contribution in [0.25, 0.3) is 0 Å². The van der Waals surface area contributed by atoms with E-state index in [2.05, 4.69) is 45.9 Å². The molecule has 0 fully saturated rings. The third kappa shape index (κ3) is 5.28. The Kier molecular flexibility index (Phi) is 5.08. The summed E-state index contributed by atoms with van der Waals surface area (Å²) < 4.78 is 0. The van der Waals surface area contributed by atoms with Gasteiger partial charge in [0, 0.05) is 10.1 Å². The average Bonchev–Trinajstić information content (AvgIpc) is 2.27. The average molecular weight is 247 g/mol. The summed E-state index contributed by atoms with van der Waals surface area (Å²) in [6.07, 6.45) is 2.40. The highest BCUT2D eigenvalue weighted by Gasteiger charge is 2.18. The maximum absolute atomic E-state index is 8.75. The van der Waals surface area contributed by atoms with E-state index in [1.54, 1.807) is 0 Å². The van der Waals surface area contributed by atoms with Gasteiger partial charge in [-0.2, -0.15) is 5.26 Å². The molecule has 1 rings (SSSR count). The Morgan fingerprint density at radius 1 is 1.24 bits per heavy atom. The minimum atomic E-state index is 0.375. The predicted molar refractivity (Wildman–Crippen MR) is 75.2 cm³/mol. The monoisotopic (exact) mass is 247 g/mol. The fourth-order valence-corrected chi connectivity index (χ4v) is 3.18. The van der Waals surface area contributed by atoms with Gasteiger partial charge in [0.15, 0.2) is 0 Å². The molecule has 1 unspecified atom stereocenters. The number of hydrogen-bond donors (Lipinski definition) is 0. The van der Waals surface area contributed by atoms with Gasteiger partial charge in [0.1, 0.15) is 0 Å². The number of benzene rings is 1. The van der Waals surface area contributed by atoms with E-state index in [9.17, 15) is 0 Å². The SMILES string of the molecule is CCC(CC(C)(C)C)Sc1ccc(C#N)cc1. The van der Waals surface area contributed by atoms with Crippen molar-refractivity contribution in [2.45, 2.75) is 50.7 Å². The Hall–Kier alpha value is -0.940. The third-order valence-electron chi connectivity index (χ3n) is 2.58. The fourth-order valence-electron chi connectivity index (χ4n) is 1.75. The van der Waals surface area contributed by atoms with Gasteiger partial charge in [-0.3, -0.25) is 0 Å². The molecule has 0 aliphatic heterocycles. The van der Waals surface area contributed by atoms with Gasteiger partial charge in [0.25, 0.3) is 0 Å². The molecule has 0 spiro atoms. The molecule has 17 heavy (non-hydrogen) atoms. The van der Waals surface area contributed by atoms with E-state index >= 15 is 0 Å². The zero-order valence-electron chi connectivity index (χ0n) is 11.2.